The molecule has 0 atom stereocenters. The zero-order valence-corrected chi connectivity index (χ0v) is 18.6. The fourth-order valence-electron chi connectivity index (χ4n) is 4.25. The van der Waals surface area contributed by atoms with Gasteiger partial charge in [0, 0.05) is 26.2 Å². The second-order valence-electron chi connectivity index (χ2n) is 8.51. The lowest BCUT2D eigenvalue weighted by Crippen LogP contribution is -2.36. The van der Waals surface area contributed by atoms with Crippen LogP contribution in [0.5, 0.6) is 11.5 Å². The van der Waals surface area contributed by atoms with Gasteiger partial charge in [-0.2, -0.15) is 0 Å². The van der Waals surface area contributed by atoms with Gasteiger partial charge in [-0.3, -0.25) is 9.80 Å². The third kappa shape index (κ3) is 7.62. The van der Waals surface area contributed by atoms with Crippen LogP contribution in [0.1, 0.15) is 24.0 Å². The molecule has 2 aromatic rings. The Morgan fingerprint density at radius 2 is 0.968 bits per heavy atom. The number of aryl methyl sites for hydroxylation is 2. The van der Waals surface area contributed by atoms with Crippen LogP contribution >= 0.6 is 0 Å². The minimum Gasteiger partial charge on any atom is -0.457 e. The van der Waals surface area contributed by atoms with Gasteiger partial charge in [0.1, 0.15) is 11.5 Å². The zero-order chi connectivity index (χ0) is 21.1. The van der Waals surface area contributed by atoms with Gasteiger partial charge in [-0.1, -0.05) is 24.3 Å². The molecule has 0 amide bonds. The van der Waals surface area contributed by atoms with E-state index in [4.69, 9.17) is 14.2 Å². The molecule has 5 heteroatoms. The standard InChI is InChI=1S/C26H36N2O3/c1(13-27-15-19-29-20-16-27)3-23-5-9-25(10-6-23)31-26-11-7-24(8-12-26)4-2-14-28-17-21-30-22-18-28/h5-12H,1-4,13-22H2. The summed E-state index contributed by atoms with van der Waals surface area (Å²) in [4.78, 5) is 4.99. The van der Waals surface area contributed by atoms with Gasteiger partial charge >= 0.3 is 0 Å². The van der Waals surface area contributed by atoms with Gasteiger partial charge < -0.3 is 14.2 Å². The van der Waals surface area contributed by atoms with Crippen molar-refractivity contribution in [3.05, 3.63) is 59.7 Å². The van der Waals surface area contributed by atoms with E-state index >= 15 is 0 Å². The summed E-state index contributed by atoms with van der Waals surface area (Å²) in [5.41, 5.74) is 2.74. The number of nitrogens with zero attached hydrogens (tertiary/aromatic N) is 2. The highest BCUT2D eigenvalue weighted by Crippen LogP contribution is 2.23. The Hall–Kier alpha value is -1.92. The van der Waals surface area contributed by atoms with Crippen molar-refractivity contribution in [3.8, 4) is 11.5 Å². The molecule has 0 aliphatic carbocycles. The second kappa shape index (κ2) is 12.2. The quantitative estimate of drug-likeness (QED) is 0.576. The first-order valence-corrected chi connectivity index (χ1v) is 11.8. The zero-order valence-electron chi connectivity index (χ0n) is 18.6. The number of rotatable bonds is 10. The van der Waals surface area contributed by atoms with E-state index in [9.17, 15) is 0 Å². The average Bonchev–Trinajstić information content (AvgIpc) is 2.83. The Balaban J connectivity index is 1.16. The highest BCUT2D eigenvalue weighted by atomic mass is 16.5. The van der Waals surface area contributed by atoms with Crippen LogP contribution in [0.15, 0.2) is 48.5 Å². The lowest BCUT2D eigenvalue weighted by atomic mass is 10.1. The van der Waals surface area contributed by atoms with Crippen molar-refractivity contribution in [2.24, 2.45) is 0 Å². The molecule has 0 saturated carbocycles. The lowest BCUT2D eigenvalue weighted by molar-refractivity contribution is 0.0374. The summed E-state index contributed by atoms with van der Waals surface area (Å²) in [5, 5.41) is 0. The van der Waals surface area contributed by atoms with E-state index in [1.807, 2.05) is 0 Å². The smallest absolute Gasteiger partial charge is 0.127 e. The molecule has 2 aliphatic heterocycles. The van der Waals surface area contributed by atoms with Gasteiger partial charge in [0.2, 0.25) is 0 Å². The summed E-state index contributed by atoms with van der Waals surface area (Å²) in [7, 11) is 0. The average molecular weight is 425 g/mol. The van der Waals surface area contributed by atoms with Crippen molar-refractivity contribution in [2.45, 2.75) is 25.7 Å². The molecule has 2 aromatic carbocycles. The highest BCUT2D eigenvalue weighted by Gasteiger charge is 2.10. The molecule has 2 aliphatic rings. The molecule has 0 aromatic heterocycles. The predicted octanol–water partition coefficient (Wildman–Crippen LogP) is 4.01. The Morgan fingerprint density at radius 1 is 0.581 bits per heavy atom. The van der Waals surface area contributed by atoms with E-state index in [0.717, 1.165) is 90.0 Å². The van der Waals surface area contributed by atoms with Crippen LogP contribution in [0, 0.1) is 0 Å². The molecule has 2 heterocycles. The number of morpholine rings is 2. The molecule has 168 valence electrons. The van der Waals surface area contributed by atoms with Crippen molar-refractivity contribution in [2.75, 3.05) is 65.7 Å². The predicted molar refractivity (Wildman–Crippen MR) is 124 cm³/mol. The van der Waals surface area contributed by atoms with Crippen LogP contribution in [0.3, 0.4) is 0 Å². The molecular weight excluding hydrogens is 388 g/mol. The van der Waals surface area contributed by atoms with E-state index in [1.165, 1.54) is 24.0 Å². The maximum absolute atomic E-state index is 6.04. The van der Waals surface area contributed by atoms with Crippen LogP contribution < -0.4 is 4.74 Å². The maximum atomic E-state index is 6.04. The van der Waals surface area contributed by atoms with Crippen LogP contribution in [-0.2, 0) is 22.3 Å². The fraction of sp³-hybridized carbons (Fsp3) is 0.538. The van der Waals surface area contributed by atoms with E-state index in [0.29, 0.717) is 0 Å². The Bertz CT molecular complexity index is 686. The van der Waals surface area contributed by atoms with E-state index in [-0.39, 0.29) is 0 Å². The molecular formula is C26H36N2O3. The molecule has 2 saturated heterocycles. The molecule has 0 spiro atoms. The first-order chi connectivity index (χ1) is 15.3. The third-order valence-corrected chi connectivity index (χ3v) is 6.17. The van der Waals surface area contributed by atoms with Gasteiger partial charge in [-0.25, -0.2) is 0 Å². The number of benzene rings is 2. The van der Waals surface area contributed by atoms with Gasteiger partial charge in [-0.15, -0.1) is 0 Å². The summed E-state index contributed by atoms with van der Waals surface area (Å²) in [5.74, 6) is 1.80. The highest BCUT2D eigenvalue weighted by molar-refractivity contribution is 5.34. The second-order valence-corrected chi connectivity index (χ2v) is 8.51. The lowest BCUT2D eigenvalue weighted by Gasteiger charge is -2.26. The summed E-state index contributed by atoms with van der Waals surface area (Å²) in [6.45, 7) is 10.1. The first-order valence-electron chi connectivity index (χ1n) is 11.8. The molecule has 0 unspecified atom stereocenters. The van der Waals surface area contributed by atoms with Crippen LogP contribution in [0.25, 0.3) is 0 Å². The number of hydrogen-bond donors (Lipinski definition) is 0. The van der Waals surface area contributed by atoms with Crippen molar-refractivity contribution < 1.29 is 14.2 Å². The summed E-state index contributed by atoms with van der Waals surface area (Å²) in [6.07, 6.45) is 4.59. The first kappa shape index (κ1) is 22.3. The Morgan fingerprint density at radius 3 is 1.35 bits per heavy atom. The summed E-state index contributed by atoms with van der Waals surface area (Å²) >= 11 is 0. The Labute approximate surface area is 186 Å². The van der Waals surface area contributed by atoms with Gasteiger partial charge in [0.25, 0.3) is 0 Å². The minimum atomic E-state index is 0.876. The number of ether oxygens (including phenoxy) is 3. The Kier molecular flexibility index (Phi) is 8.77. The third-order valence-electron chi connectivity index (χ3n) is 6.17. The maximum Gasteiger partial charge on any atom is 0.127 e. The van der Waals surface area contributed by atoms with Gasteiger partial charge in [-0.05, 0) is 74.2 Å². The molecule has 0 bridgehead atoms. The van der Waals surface area contributed by atoms with E-state index in [1.54, 1.807) is 0 Å². The van der Waals surface area contributed by atoms with Crippen molar-refractivity contribution in [1.82, 2.24) is 9.80 Å². The molecule has 0 N–H and O–H groups in total. The monoisotopic (exact) mass is 424 g/mol. The number of hydrogen-bond acceptors (Lipinski definition) is 5. The van der Waals surface area contributed by atoms with E-state index < -0.39 is 0 Å². The van der Waals surface area contributed by atoms with Crippen molar-refractivity contribution >= 4 is 0 Å². The minimum absolute atomic E-state index is 0.876. The summed E-state index contributed by atoms with van der Waals surface area (Å²) in [6, 6.07) is 17.1. The topological polar surface area (TPSA) is 34.2 Å². The molecule has 4 rings (SSSR count). The van der Waals surface area contributed by atoms with Gasteiger partial charge in [0.15, 0.2) is 0 Å². The van der Waals surface area contributed by atoms with Crippen LogP contribution in [-0.4, -0.2) is 75.5 Å². The normalized spacial score (nSPS) is 18.2. The van der Waals surface area contributed by atoms with Crippen molar-refractivity contribution in [1.29, 1.82) is 0 Å². The van der Waals surface area contributed by atoms with Crippen LogP contribution in [0.4, 0.5) is 0 Å². The fourth-order valence-corrected chi connectivity index (χ4v) is 4.25. The van der Waals surface area contributed by atoms with Crippen LogP contribution in [0.2, 0.25) is 0 Å². The molecule has 2 fully saturated rings. The summed E-state index contributed by atoms with van der Waals surface area (Å²) < 4.78 is 16.9. The SMILES string of the molecule is c1cc(Oc2ccc(CCCN3CCOCC3)cc2)ccc1CCCN1CCOCC1. The van der Waals surface area contributed by atoms with E-state index in [2.05, 4.69) is 58.3 Å². The molecule has 31 heavy (non-hydrogen) atoms. The van der Waals surface area contributed by atoms with Crippen molar-refractivity contribution in [3.63, 3.8) is 0 Å². The molecule has 0 radical (unpaired) electrons. The van der Waals surface area contributed by atoms with Gasteiger partial charge in [0.05, 0.1) is 26.4 Å². The molecule has 5 nitrogen and oxygen atoms in total. The largest absolute Gasteiger partial charge is 0.457 e.